The summed E-state index contributed by atoms with van der Waals surface area (Å²) in [5, 5.41) is 34.4. The summed E-state index contributed by atoms with van der Waals surface area (Å²) in [4.78, 5) is 22.5. The SMILES string of the molecule is CCCCCCCCCCCCCCC(O)C(O)C(CO)NC(=O)CNC(C)=O. The molecule has 29 heavy (non-hydrogen) atoms. The van der Waals surface area contributed by atoms with Gasteiger partial charge in [-0.15, -0.1) is 0 Å². The number of rotatable bonds is 19. The summed E-state index contributed by atoms with van der Waals surface area (Å²) in [6, 6.07) is -0.955. The van der Waals surface area contributed by atoms with Gasteiger partial charge in [-0.05, 0) is 6.42 Å². The minimum absolute atomic E-state index is 0.229. The Kier molecular flexibility index (Phi) is 18.1. The predicted octanol–water partition coefficient (Wildman–Crippen LogP) is 2.41. The van der Waals surface area contributed by atoms with Gasteiger partial charge >= 0.3 is 0 Å². The van der Waals surface area contributed by atoms with Crippen LogP contribution in [-0.2, 0) is 9.59 Å². The van der Waals surface area contributed by atoms with E-state index in [0.717, 1.165) is 19.3 Å². The van der Waals surface area contributed by atoms with E-state index in [0.29, 0.717) is 6.42 Å². The number of aliphatic hydroxyl groups is 3. The van der Waals surface area contributed by atoms with Gasteiger partial charge in [0, 0.05) is 6.92 Å². The molecule has 0 fully saturated rings. The second-order valence-corrected chi connectivity index (χ2v) is 8.00. The van der Waals surface area contributed by atoms with Crippen molar-refractivity contribution in [3.05, 3.63) is 0 Å². The molecule has 7 heteroatoms. The van der Waals surface area contributed by atoms with Crippen LogP contribution in [0.5, 0.6) is 0 Å². The number of carbonyl (C=O) groups is 2. The molecule has 172 valence electrons. The van der Waals surface area contributed by atoms with Gasteiger partial charge in [0.25, 0.3) is 0 Å². The van der Waals surface area contributed by atoms with Crippen LogP contribution in [0.25, 0.3) is 0 Å². The first-order valence-corrected chi connectivity index (χ1v) is 11.4. The zero-order valence-electron chi connectivity index (χ0n) is 18.5. The van der Waals surface area contributed by atoms with Gasteiger partial charge in [-0.25, -0.2) is 0 Å². The van der Waals surface area contributed by atoms with Crippen LogP contribution in [0.4, 0.5) is 0 Å². The number of unbranched alkanes of at least 4 members (excludes halogenated alkanes) is 11. The van der Waals surface area contributed by atoms with Crippen molar-refractivity contribution in [2.45, 2.75) is 116 Å². The molecule has 0 saturated heterocycles. The fraction of sp³-hybridized carbons (Fsp3) is 0.909. The summed E-state index contributed by atoms with van der Waals surface area (Å²) in [6.07, 6.45) is 12.9. The highest BCUT2D eigenvalue weighted by Crippen LogP contribution is 2.14. The van der Waals surface area contributed by atoms with E-state index in [1.54, 1.807) is 0 Å². The highest BCUT2D eigenvalue weighted by Gasteiger charge is 2.26. The van der Waals surface area contributed by atoms with Crippen molar-refractivity contribution in [1.29, 1.82) is 0 Å². The molecule has 0 aromatic carbocycles. The number of nitrogens with one attached hydrogen (secondary N) is 2. The third-order valence-electron chi connectivity index (χ3n) is 5.20. The van der Waals surface area contributed by atoms with E-state index in [1.165, 1.54) is 64.7 Å². The molecule has 3 unspecified atom stereocenters. The molecule has 5 N–H and O–H groups in total. The molecule has 0 aliphatic rings. The van der Waals surface area contributed by atoms with Crippen molar-refractivity contribution in [2.24, 2.45) is 0 Å². The molecule has 0 aliphatic carbocycles. The molecular weight excluding hydrogens is 372 g/mol. The highest BCUT2D eigenvalue weighted by molar-refractivity contribution is 5.83. The minimum atomic E-state index is -1.24. The first kappa shape index (κ1) is 27.8. The summed E-state index contributed by atoms with van der Waals surface area (Å²) >= 11 is 0. The van der Waals surface area contributed by atoms with Crippen LogP contribution >= 0.6 is 0 Å². The van der Waals surface area contributed by atoms with Gasteiger partial charge in [-0.2, -0.15) is 0 Å². The molecule has 0 radical (unpaired) electrons. The van der Waals surface area contributed by atoms with E-state index >= 15 is 0 Å². The lowest BCUT2D eigenvalue weighted by molar-refractivity contribution is -0.126. The second-order valence-electron chi connectivity index (χ2n) is 8.00. The lowest BCUT2D eigenvalue weighted by Gasteiger charge is -2.26. The first-order chi connectivity index (χ1) is 13.9. The van der Waals surface area contributed by atoms with Crippen LogP contribution in [0, 0.1) is 0 Å². The summed E-state index contributed by atoms with van der Waals surface area (Å²) in [5.74, 6) is -0.857. The average molecular weight is 417 g/mol. The van der Waals surface area contributed by atoms with Crippen molar-refractivity contribution in [1.82, 2.24) is 10.6 Å². The standard InChI is InChI=1S/C22H44N2O5/c1-3-4-5-6-7-8-9-10-11-12-13-14-15-20(27)22(29)19(17-25)24-21(28)16-23-18(2)26/h19-20,22,25,27,29H,3-17H2,1-2H3,(H,23,26)(H,24,28). The molecule has 0 saturated carbocycles. The Morgan fingerprint density at radius 1 is 0.828 bits per heavy atom. The van der Waals surface area contributed by atoms with Crippen LogP contribution in [-0.4, -0.2) is 58.5 Å². The summed E-state index contributed by atoms with van der Waals surface area (Å²) in [6.45, 7) is 2.82. The van der Waals surface area contributed by atoms with Crippen molar-refractivity contribution < 1.29 is 24.9 Å². The van der Waals surface area contributed by atoms with E-state index in [9.17, 15) is 24.9 Å². The van der Waals surface area contributed by atoms with E-state index in [2.05, 4.69) is 17.6 Å². The number of hydrogen-bond donors (Lipinski definition) is 5. The smallest absolute Gasteiger partial charge is 0.239 e. The van der Waals surface area contributed by atoms with Gasteiger partial charge in [0.2, 0.25) is 11.8 Å². The molecule has 3 atom stereocenters. The van der Waals surface area contributed by atoms with E-state index in [1.807, 2.05) is 0 Å². The Balaban J connectivity index is 3.76. The molecule has 0 heterocycles. The van der Waals surface area contributed by atoms with Gasteiger partial charge in [-0.3, -0.25) is 9.59 Å². The van der Waals surface area contributed by atoms with E-state index < -0.39 is 30.8 Å². The minimum Gasteiger partial charge on any atom is -0.394 e. The lowest BCUT2D eigenvalue weighted by Crippen LogP contribution is -2.52. The molecule has 0 aromatic rings. The van der Waals surface area contributed by atoms with E-state index in [-0.39, 0.29) is 12.5 Å². The van der Waals surface area contributed by atoms with Gasteiger partial charge in [0.15, 0.2) is 0 Å². The fourth-order valence-corrected chi connectivity index (χ4v) is 3.33. The largest absolute Gasteiger partial charge is 0.394 e. The summed E-state index contributed by atoms with van der Waals surface area (Å²) in [7, 11) is 0. The molecule has 0 aliphatic heterocycles. The van der Waals surface area contributed by atoms with Crippen molar-refractivity contribution >= 4 is 11.8 Å². The fourth-order valence-electron chi connectivity index (χ4n) is 3.33. The molecule has 0 spiro atoms. The Hall–Kier alpha value is -1.18. The number of amides is 2. The number of hydrogen-bond acceptors (Lipinski definition) is 5. The Morgan fingerprint density at radius 3 is 1.76 bits per heavy atom. The zero-order chi connectivity index (χ0) is 21.9. The van der Waals surface area contributed by atoms with Crippen LogP contribution in [0.1, 0.15) is 97.3 Å². The average Bonchev–Trinajstić information content (AvgIpc) is 2.70. The molecule has 7 nitrogen and oxygen atoms in total. The van der Waals surface area contributed by atoms with Crippen molar-refractivity contribution in [2.75, 3.05) is 13.2 Å². The lowest BCUT2D eigenvalue weighted by atomic mass is 9.99. The summed E-state index contributed by atoms with van der Waals surface area (Å²) in [5.41, 5.74) is 0. The Labute approximate surface area is 176 Å². The maximum atomic E-state index is 11.7. The zero-order valence-corrected chi connectivity index (χ0v) is 18.5. The van der Waals surface area contributed by atoms with Crippen LogP contribution in [0.15, 0.2) is 0 Å². The highest BCUT2D eigenvalue weighted by atomic mass is 16.3. The second kappa shape index (κ2) is 18.8. The van der Waals surface area contributed by atoms with Crippen LogP contribution < -0.4 is 10.6 Å². The topological polar surface area (TPSA) is 119 Å². The Bertz CT molecular complexity index is 420. The third kappa shape index (κ3) is 16.3. The number of aliphatic hydroxyl groups excluding tert-OH is 3. The van der Waals surface area contributed by atoms with Crippen LogP contribution in [0.3, 0.4) is 0 Å². The predicted molar refractivity (Wildman–Crippen MR) is 115 cm³/mol. The van der Waals surface area contributed by atoms with E-state index in [4.69, 9.17) is 0 Å². The molecule has 2 amide bonds. The number of carbonyl (C=O) groups excluding carboxylic acids is 2. The maximum Gasteiger partial charge on any atom is 0.239 e. The normalized spacial score (nSPS) is 14.2. The Morgan fingerprint density at radius 2 is 1.31 bits per heavy atom. The quantitative estimate of drug-likeness (QED) is 0.207. The first-order valence-electron chi connectivity index (χ1n) is 11.4. The third-order valence-corrected chi connectivity index (χ3v) is 5.20. The van der Waals surface area contributed by atoms with Gasteiger partial charge in [-0.1, -0.05) is 84.0 Å². The van der Waals surface area contributed by atoms with Crippen molar-refractivity contribution in [3.8, 4) is 0 Å². The van der Waals surface area contributed by atoms with Gasteiger partial charge in [0.05, 0.1) is 25.3 Å². The van der Waals surface area contributed by atoms with Gasteiger partial charge in [0.1, 0.15) is 6.10 Å². The summed E-state index contributed by atoms with van der Waals surface area (Å²) < 4.78 is 0. The van der Waals surface area contributed by atoms with Gasteiger partial charge < -0.3 is 26.0 Å². The van der Waals surface area contributed by atoms with Crippen molar-refractivity contribution in [3.63, 3.8) is 0 Å². The molecule has 0 aromatic heterocycles. The molecular formula is C22H44N2O5. The monoisotopic (exact) mass is 416 g/mol. The maximum absolute atomic E-state index is 11.7. The van der Waals surface area contributed by atoms with Crippen LogP contribution in [0.2, 0.25) is 0 Å². The molecule has 0 bridgehead atoms. The molecule has 0 rings (SSSR count).